The van der Waals surface area contributed by atoms with Gasteiger partial charge in [-0.25, -0.2) is 9.97 Å². The van der Waals surface area contributed by atoms with Crippen molar-refractivity contribution in [1.29, 1.82) is 5.41 Å². The van der Waals surface area contributed by atoms with Crippen LogP contribution in [0.3, 0.4) is 0 Å². The number of H-pyrrole nitrogens is 4. The summed E-state index contributed by atoms with van der Waals surface area (Å²) in [6.45, 7) is 0. The Morgan fingerprint density at radius 1 is 0.556 bits per heavy atom. The maximum absolute atomic E-state index is 12.2. The van der Waals surface area contributed by atoms with Crippen molar-refractivity contribution in [3.05, 3.63) is 72.4 Å². The molecule has 36 heavy (non-hydrogen) atoms. The number of hydrogen-bond acceptors (Lipinski definition) is 8. The molecule has 0 atom stereocenters. The zero-order chi connectivity index (χ0) is 24.9. The van der Waals surface area contributed by atoms with E-state index in [-0.39, 0.29) is 27.6 Å². The van der Waals surface area contributed by atoms with Crippen molar-refractivity contribution in [2.24, 2.45) is 0 Å². The Bertz CT molecular complexity index is 2330. The molecule has 0 aliphatic carbocycles. The zero-order valence-electron chi connectivity index (χ0n) is 18.2. The molecule has 0 spiro atoms. The van der Waals surface area contributed by atoms with Gasteiger partial charge in [-0.05, 0) is 18.2 Å². The number of hydrogen-bond donors (Lipinski definition) is 7. The molecule has 0 aliphatic rings. The maximum atomic E-state index is 12.2. The van der Waals surface area contributed by atoms with Crippen molar-refractivity contribution in [2.75, 3.05) is 11.5 Å². The molecule has 3 heterocycles. The van der Waals surface area contributed by atoms with E-state index in [1.807, 2.05) is 0 Å². The van der Waals surface area contributed by atoms with Gasteiger partial charge in [-0.1, -0.05) is 0 Å². The first kappa shape index (κ1) is 19.9. The molecule has 0 unspecified atom stereocenters. The molecule has 0 radical (unpaired) electrons. The van der Waals surface area contributed by atoms with Crippen molar-refractivity contribution >= 4 is 77.6 Å². The van der Waals surface area contributed by atoms with E-state index >= 15 is 0 Å². The average molecular weight is 477 g/mol. The van der Waals surface area contributed by atoms with Gasteiger partial charge < -0.3 is 31.4 Å². The number of nitrogen functional groups attached to an aromatic ring is 2. The Kier molecular flexibility index (Phi) is 3.61. The van der Waals surface area contributed by atoms with Gasteiger partial charge in [0.1, 0.15) is 16.4 Å². The molecule has 7 aromatic rings. The standard InChI is InChI=1S/C24H15N9O3/c25-7-1-10-13(4-16(7)34)31-22-19(28-10)20-23(32-14-5-17(35)8(26)2-11(14)29-20)24-21(22)30-12-3-9(27)18(36)6-15(12)33-24/h1-6,26,29,31-33H,25,27H2. The van der Waals surface area contributed by atoms with Crippen LogP contribution in [0.4, 0.5) is 11.4 Å². The molecule has 0 bridgehead atoms. The summed E-state index contributed by atoms with van der Waals surface area (Å²) in [5, 5.41) is 7.76. The van der Waals surface area contributed by atoms with Gasteiger partial charge >= 0.3 is 0 Å². The van der Waals surface area contributed by atoms with E-state index in [1.54, 1.807) is 0 Å². The third kappa shape index (κ3) is 2.63. The fourth-order valence-electron chi connectivity index (χ4n) is 4.55. The highest BCUT2D eigenvalue weighted by atomic mass is 16.1. The Labute approximate surface area is 197 Å². The first-order valence-electron chi connectivity index (χ1n) is 10.8. The highest BCUT2D eigenvalue weighted by molar-refractivity contribution is 6.21. The molecule has 0 saturated carbocycles. The van der Waals surface area contributed by atoms with Crippen LogP contribution in [0.5, 0.6) is 0 Å². The minimum atomic E-state index is -0.433. The SMILES string of the molecule is N=c1cc2[nH]c3c4nc5cc(N)c(=O)cc5[nH]c4c4nc5cc(N)c(=O)cc5[nH]c4c3[nH]c2cc1=O. The number of anilines is 2. The summed E-state index contributed by atoms with van der Waals surface area (Å²) in [5.74, 6) is 0. The third-order valence-electron chi connectivity index (χ3n) is 6.33. The zero-order valence-corrected chi connectivity index (χ0v) is 18.2. The topological polar surface area (TPSA) is 216 Å². The van der Waals surface area contributed by atoms with Crippen LogP contribution in [0.25, 0.3) is 66.2 Å². The summed E-state index contributed by atoms with van der Waals surface area (Å²) in [7, 11) is 0. The van der Waals surface area contributed by atoms with Crippen molar-refractivity contribution in [3.63, 3.8) is 0 Å². The number of nitrogens with zero attached hydrogens (tertiary/aromatic N) is 2. The number of nitrogens with two attached hydrogens (primary N) is 2. The number of rotatable bonds is 0. The third-order valence-corrected chi connectivity index (χ3v) is 6.33. The highest BCUT2D eigenvalue weighted by Gasteiger charge is 2.17. The van der Waals surface area contributed by atoms with E-state index in [0.29, 0.717) is 66.2 Å². The monoisotopic (exact) mass is 477 g/mol. The van der Waals surface area contributed by atoms with Crippen LogP contribution >= 0.6 is 0 Å². The number of nitrogens with one attached hydrogen (secondary N) is 5. The lowest BCUT2D eigenvalue weighted by Crippen LogP contribution is -2.21. The van der Waals surface area contributed by atoms with Crippen LogP contribution in [0, 0.1) is 5.41 Å². The lowest BCUT2D eigenvalue weighted by atomic mass is 10.1. The summed E-state index contributed by atoms with van der Waals surface area (Å²) in [6.07, 6.45) is 0. The highest BCUT2D eigenvalue weighted by Crippen LogP contribution is 2.32. The molecule has 3 aromatic heterocycles. The summed E-state index contributed by atoms with van der Waals surface area (Å²) < 4.78 is 0. The Morgan fingerprint density at radius 2 is 1.00 bits per heavy atom. The van der Waals surface area contributed by atoms with Gasteiger partial charge in [0.15, 0.2) is 0 Å². The number of aromatic amines is 4. The van der Waals surface area contributed by atoms with E-state index in [1.165, 1.54) is 36.4 Å². The maximum Gasteiger partial charge on any atom is 0.205 e. The molecule has 174 valence electrons. The normalized spacial score (nSPS) is 12.0. The minimum Gasteiger partial charge on any atom is -0.396 e. The first-order chi connectivity index (χ1) is 17.3. The number of benzene rings is 4. The smallest absolute Gasteiger partial charge is 0.205 e. The van der Waals surface area contributed by atoms with Gasteiger partial charge in [0.25, 0.3) is 0 Å². The second-order valence-corrected chi connectivity index (χ2v) is 8.63. The van der Waals surface area contributed by atoms with Gasteiger partial charge in [-0.3, -0.25) is 19.8 Å². The van der Waals surface area contributed by atoms with E-state index in [2.05, 4.69) is 19.9 Å². The van der Waals surface area contributed by atoms with Gasteiger partial charge in [0, 0.05) is 18.2 Å². The molecular formula is C24H15N9O3. The van der Waals surface area contributed by atoms with E-state index in [9.17, 15) is 14.4 Å². The number of fused-ring (bicyclic) bond motifs is 9. The second-order valence-electron chi connectivity index (χ2n) is 8.63. The van der Waals surface area contributed by atoms with E-state index < -0.39 is 5.43 Å². The first-order valence-corrected chi connectivity index (χ1v) is 10.8. The fraction of sp³-hybridized carbons (Fsp3) is 0. The van der Waals surface area contributed by atoms with E-state index in [4.69, 9.17) is 26.8 Å². The molecule has 4 aromatic carbocycles. The molecule has 7 rings (SSSR count). The summed E-state index contributed by atoms with van der Waals surface area (Å²) >= 11 is 0. The van der Waals surface area contributed by atoms with Crippen molar-refractivity contribution < 1.29 is 0 Å². The van der Waals surface area contributed by atoms with Crippen molar-refractivity contribution in [3.8, 4) is 0 Å². The lowest BCUT2D eigenvalue weighted by molar-refractivity contribution is 1.23. The molecule has 12 heteroatoms. The quantitative estimate of drug-likeness (QED) is 0.0967. The van der Waals surface area contributed by atoms with Gasteiger partial charge in [-0.2, -0.15) is 0 Å². The fourth-order valence-corrected chi connectivity index (χ4v) is 4.55. The molecule has 9 N–H and O–H groups in total. The Morgan fingerprint density at radius 3 is 1.58 bits per heavy atom. The molecule has 0 fully saturated rings. The predicted molar refractivity (Wildman–Crippen MR) is 138 cm³/mol. The molecule has 0 saturated heterocycles. The predicted octanol–water partition coefficient (Wildman–Crippen LogP) is 1.43. The van der Waals surface area contributed by atoms with Gasteiger partial charge in [-0.15, -0.1) is 0 Å². The van der Waals surface area contributed by atoms with Gasteiger partial charge in [0.2, 0.25) is 16.3 Å². The molecule has 0 aliphatic heterocycles. The van der Waals surface area contributed by atoms with Crippen LogP contribution in [-0.4, -0.2) is 29.9 Å². The van der Waals surface area contributed by atoms with Crippen LogP contribution in [0.1, 0.15) is 0 Å². The average Bonchev–Trinajstić information content (AvgIpc) is 2.84. The van der Waals surface area contributed by atoms with Crippen LogP contribution in [0.2, 0.25) is 0 Å². The molecular weight excluding hydrogens is 462 g/mol. The van der Waals surface area contributed by atoms with E-state index in [0.717, 1.165) is 0 Å². The lowest BCUT2D eigenvalue weighted by Gasteiger charge is -2.13. The van der Waals surface area contributed by atoms with Crippen molar-refractivity contribution in [2.45, 2.75) is 0 Å². The largest absolute Gasteiger partial charge is 0.396 e. The van der Waals surface area contributed by atoms with Crippen LogP contribution in [0.15, 0.2) is 50.8 Å². The molecule has 12 nitrogen and oxygen atoms in total. The Balaban J connectivity index is 1.80. The van der Waals surface area contributed by atoms with Crippen molar-refractivity contribution in [1.82, 2.24) is 29.9 Å². The van der Waals surface area contributed by atoms with Gasteiger partial charge in [0.05, 0.1) is 66.5 Å². The van der Waals surface area contributed by atoms with Crippen LogP contribution in [-0.2, 0) is 0 Å². The summed E-state index contributed by atoms with van der Waals surface area (Å²) in [4.78, 5) is 59.1. The summed E-state index contributed by atoms with van der Waals surface area (Å²) in [6, 6.07) is 8.50. The van der Waals surface area contributed by atoms with Crippen LogP contribution < -0.4 is 33.1 Å². The number of aromatic nitrogens is 6. The second kappa shape index (κ2) is 6.54. The summed E-state index contributed by atoms with van der Waals surface area (Å²) in [5.41, 5.74) is 16.6. The molecule has 0 amide bonds. The minimum absolute atomic E-state index is 0.0620. The Hall–Kier alpha value is -5.52.